The maximum atomic E-state index is 7.76. The molecule has 29 heavy (non-hydrogen) atoms. The third-order valence-corrected chi connectivity index (χ3v) is 3.58. The molecule has 4 N–H and O–H groups in total. The lowest BCUT2D eigenvalue weighted by Gasteiger charge is -2.21. The van der Waals surface area contributed by atoms with Gasteiger partial charge < -0.3 is 25.4 Å². The normalized spacial score (nSPS) is 12.0. The van der Waals surface area contributed by atoms with Gasteiger partial charge in [0.05, 0.1) is 44.3 Å². The number of nitrogens with zero attached hydrogens (tertiary/aromatic N) is 3. The van der Waals surface area contributed by atoms with Crippen LogP contribution in [0.15, 0.2) is 56.4 Å². The molecule has 2 unspecified atom stereocenters. The highest BCUT2D eigenvalue weighted by atomic mass is 16.5. The van der Waals surface area contributed by atoms with Gasteiger partial charge in [0, 0.05) is 0 Å². The summed E-state index contributed by atoms with van der Waals surface area (Å²) in [4.78, 5) is 3.98. The minimum atomic E-state index is -0.112. The first-order valence-corrected chi connectivity index (χ1v) is 9.36. The number of nitrogen functional groups attached to an aromatic ring is 1. The predicted molar refractivity (Wildman–Crippen MR) is 117 cm³/mol. The number of aliphatic hydroxyl groups is 2. The molecule has 0 saturated carbocycles. The molecule has 2 rings (SSSR count). The molecule has 0 spiro atoms. The Morgan fingerprint density at radius 3 is 2.31 bits per heavy atom. The van der Waals surface area contributed by atoms with Crippen LogP contribution in [0.5, 0.6) is 0 Å². The molecular weight excluding hydrogens is 372 g/mol. The van der Waals surface area contributed by atoms with Crippen LogP contribution < -0.4 is 5.73 Å². The third-order valence-electron chi connectivity index (χ3n) is 3.58. The van der Waals surface area contributed by atoms with Crippen molar-refractivity contribution in [3.63, 3.8) is 0 Å². The van der Waals surface area contributed by atoms with Crippen molar-refractivity contribution in [2.75, 3.05) is 32.2 Å². The van der Waals surface area contributed by atoms with E-state index in [-0.39, 0.29) is 25.4 Å². The zero-order valence-corrected chi connectivity index (χ0v) is 17.4. The van der Waals surface area contributed by atoms with E-state index in [1.54, 1.807) is 10.6 Å². The number of anilines is 1. The van der Waals surface area contributed by atoms with Crippen LogP contribution in [-0.4, -0.2) is 57.3 Å². The van der Waals surface area contributed by atoms with Gasteiger partial charge in [-0.05, 0) is 25.5 Å². The summed E-state index contributed by atoms with van der Waals surface area (Å²) in [5.74, 6) is 0.463. The molecule has 162 valence electrons. The van der Waals surface area contributed by atoms with Crippen molar-refractivity contribution >= 4 is 11.3 Å². The number of aromatic nitrogens is 3. The van der Waals surface area contributed by atoms with Gasteiger partial charge >= 0.3 is 0 Å². The molecule has 0 fully saturated rings. The van der Waals surface area contributed by atoms with Crippen LogP contribution in [0.4, 0.5) is 5.82 Å². The Balaban J connectivity index is 0.000000837. The van der Waals surface area contributed by atoms with E-state index in [1.807, 2.05) is 19.1 Å². The zero-order chi connectivity index (χ0) is 22.1. The Kier molecular flexibility index (Phi) is 15.0. The van der Waals surface area contributed by atoms with Gasteiger partial charge in [0.15, 0.2) is 5.82 Å². The first kappa shape index (κ1) is 26.5. The lowest BCUT2D eigenvalue weighted by Crippen LogP contribution is -2.21. The minimum Gasteiger partial charge on any atom is -0.392 e. The molecule has 0 saturated heterocycles. The van der Waals surface area contributed by atoms with Crippen molar-refractivity contribution in [1.82, 2.24) is 14.6 Å². The Labute approximate surface area is 173 Å². The van der Waals surface area contributed by atoms with Gasteiger partial charge in [-0.25, -0.2) is 9.50 Å². The molecule has 2 aromatic heterocycles. The molecule has 2 atom stereocenters. The van der Waals surface area contributed by atoms with E-state index >= 15 is 0 Å². The Morgan fingerprint density at radius 2 is 1.79 bits per heavy atom. The monoisotopic (exact) mass is 406 g/mol. The van der Waals surface area contributed by atoms with Crippen molar-refractivity contribution in [3.05, 3.63) is 62.1 Å². The molecule has 0 aromatic carbocycles. The summed E-state index contributed by atoms with van der Waals surface area (Å²) in [7, 11) is 0. The molecule has 0 aliphatic carbocycles. The molecule has 2 heterocycles. The maximum absolute atomic E-state index is 7.76. The summed E-state index contributed by atoms with van der Waals surface area (Å²) in [6.07, 6.45) is 6.84. The van der Waals surface area contributed by atoms with Gasteiger partial charge in [0.2, 0.25) is 0 Å². The van der Waals surface area contributed by atoms with Crippen molar-refractivity contribution in [1.29, 1.82) is 0 Å². The van der Waals surface area contributed by atoms with Crippen LogP contribution in [0.3, 0.4) is 0 Å². The summed E-state index contributed by atoms with van der Waals surface area (Å²) in [6, 6.07) is 3.86. The van der Waals surface area contributed by atoms with Crippen LogP contribution in [0.25, 0.3) is 5.52 Å². The average molecular weight is 407 g/mol. The quantitative estimate of drug-likeness (QED) is 0.410. The van der Waals surface area contributed by atoms with Crippen molar-refractivity contribution < 1.29 is 19.7 Å². The van der Waals surface area contributed by atoms with E-state index in [4.69, 9.17) is 25.4 Å². The fourth-order valence-electron chi connectivity index (χ4n) is 2.18. The number of ether oxygens (including phenoxy) is 2. The smallest absolute Gasteiger partial charge is 0.151 e. The number of fused-ring (bicyclic) bond motifs is 1. The summed E-state index contributed by atoms with van der Waals surface area (Å²) < 4.78 is 13.3. The van der Waals surface area contributed by atoms with Crippen LogP contribution >= 0.6 is 0 Å². The topological polar surface area (TPSA) is 115 Å². The highest BCUT2D eigenvalue weighted by Crippen LogP contribution is 2.23. The molecule has 2 aromatic rings. The minimum absolute atomic E-state index is 0.0321. The highest BCUT2D eigenvalue weighted by molar-refractivity contribution is 5.65. The number of aliphatic hydroxyl groups excluding tert-OH is 2. The fourth-order valence-corrected chi connectivity index (χ4v) is 2.18. The van der Waals surface area contributed by atoms with Crippen LogP contribution in [0.2, 0.25) is 0 Å². The van der Waals surface area contributed by atoms with Crippen molar-refractivity contribution in [3.8, 4) is 0 Å². The second-order valence-corrected chi connectivity index (χ2v) is 5.78. The highest BCUT2D eigenvalue weighted by Gasteiger charge is 2.17. The molecule has 0 aliphatic heterocycles. The molecule has 0 amide bonds. The lowest BCUT2D eigenvalue weighted by atomic mass is 10.2. The average Bonchev–Trinajstić information content (AvgIpc) is 3.19. The van der Waals surface area contributed by atoms with Gasteiger partial charge in [0.25, 0.3) is 0 Å². The lowest BCUT2D eigenvalue weighted by molar-refractivity contribution is -0.0511. The zero-order valence-electron chi connectivity index (χ0n) is 17.4. The van der Waals surface area contributed by atoms with E-state index in [9.17, 15) is 0 Å². The van der Waals surface area contributed by atoms with Crippen LogP contribution in [0.1, 0.15) is 32.1 Å². The number of nitrogens with two attached hydrogens (primary N) is 1. The fraction of sp³-hybridized carbons (Fsp3) is 0.429. The van der Waals surface area contributed by atoms with E-state index < -0.39 is 0 Å². The molecule has 0 aliphatic rings. The maximum Gasteiger partial charge on any atom is 0.151 e. The SMILES string of the molecule is C=CCO.C=CCO.C=CCOCC(CC)OC(C)c1ccc2c(N)ncnn12. The van der Waals surface area contributed by atoms with E-state index in [0.717, 1.165) is 17.6 Å². The summed E-state index contributed by atoms with van der Waals surface area (Å²) in [5, 5.41) is 19.7. The first-order valence-electron chi connectivity index (χ1n) is 9.36. The molecule has 8 heteroatoms. The Morgan fingerprint density at radius 1 is 1.17 bits per heavy atom. The summed E-state index contributed by atoms with van der Waals surface area (Å²) >= 11 is 0. The molecular formula is C21H34N4O4. The molecule has 8 nitrogen and oxygen atoms in total. The summed E-state index contributed by atoms with van der Waals surface area (Å²) in [6.45, 7) is 15.4. The van der Waals surface area contributed by atoms with Crippen molar-refractivity contribution in [2.24, 2.45) is 0 Å². The number of rotatable bonds is 10. The molecule has 0 radical (unpaired) electrons. The molecule has 0 bridgehead atoms. The van der Waals surface area contributed by atoms with Gasteiger partial charge in [-0.2, -0.15) is 5.10 Å². The van der Waals surface area contributed by atoms with Gasteiger partial charge in [-0.15, -0.1) is 19.7 Å². The first-order chi connectivity index (χ1) is 14.0. The number of hydrogen-bond acceptors (Lipinski definition) is 7. The van der Waals surface area contributed by atoms with Crippen LogP contribution in [0, 0.1) is 0 Å². The predicted octanol–water partition coefficient (Wildman–Crippen LogP) is 2.70. The largest absolute Gasteiger partial charge is 0.392 e. The van der Waals surface area contributed by atoms with Gasteiger partial charge in [-0.3, -0.25) is 0 Å². The van der Waals surface area contributed by atoms with E-state index in [0.29, 0.717) is 19.0 Å². The standard InChI is InChI=1S/C15H22N4O2.2C3H6O/c1-4-8-20-9-12(5-2)21-11(3)13-6-7-14-15(16)17-10-18-19(13)14;2*1-2-3-4/h4,6-7,10-12H,1,5,8-9H2,2-3H3,(H2,16,17,18);2*2,4H,1,3H2. The Hall–Kier alpha value is -2.52. The van der Waals surface area contributed by atoms with Gasteiger partial charge in [0.1, 0.15) is 11.8 Å². The Bertz CT molecular complexity index is 710. The third kappa shape index (κ3) is 10.00. The second-order valence-electron chi connectivity index (χ2n) is 5.78. The number of hydrogen-bond donors (Lipinski definition) is 3. The van der Waals surface area contributed by atoms with Crippen molar-refractivity contribution in [2.45, 2.75) is 32.5 Å². The van der Waals surface area contributed by atoms with E-state index in [1.165, 1.54) is 18.5 Å². The second kappa shape index (κ2) is 16.4. The summed E-state index contributed by atoms with van der Waals surface area (Å²) in [5.41, 5.74) is 7.57. The van der Waals surface area contributed by atoms with Gasteiger partial charge in [-0.1, -0.05) is 25.2 Å². The van der Waals surface area contributed by atoms with Crippen LogP contribution in [-0.2, 0) is 9.47 Å². The van der Waals surface area contributed by atoms with E-state index in [2.05, 4.69) is 36.7 Å².